The highest BCUT2D eigenvalue weighted by Gasteiger charge is 2.15. The summed E-state index contributed by atoms with van der Waals surface area (Å²) in [6.07, 6.45) is 3.67. The van der Waals surface area contributed by atoms with E-state index in [1.807, 2.05) is 31.2 Å². The Bertz CT molecular complexity index is 1080. The molecule has 0 fully saturated rings. The summed E-state index contributed by atoms with van der Waals surface area (Å²) in [4.78, 5) is 16.6. The molecule has 0 saturated heterocycles. The lowest BCUT2D eigenvalue weighted by Gasteiger charge is -2.10. The summed E-state index contributed by atoms with van der Waals surface area (Å²) in [6, 6.07) is 15.5. The first kappa shape index (κ1) is 19.6. The van der Waals surface area contributed by atoms with E-state index in [1.165, 1.54) is 36.2 Å². The summed E-state index contributed by atoms with van der Waals surface area (Å²) in [5, 5.41) is 2.78. The van der Waals surface area contributed by atoms with Gasteiger partial charge in [-0.1, -0.05) is 36.8 Å². The van der Waals surface area contributed by atoms with Gasteiger partial charge in [0.1, 0.15) is 0 Å². The molecule has 0 unspecified atom stereocenters. The average Bonchev–Trinajstić information content (AvgIpc) is 2.69. The molecule has 0 bridgehead atoms. The molecule has 144 valence electrons. The van der Waals surface area contributed by atoms with Crippen molar-refractivity contribution in [2.75, 3.05) is 10.0 Å². The fourth-order valence-corrected chi connectivity index (χ4v) is 3.61. The van der Waals surface area contributed by atoms with Crippen LogP contribution in [0.3, 0.4) is 0 Å². The SMILES string of the molecule is CCc1ccc(NC(=O)c2cncc(NS(=O)(=O)c3ccc(C)cc3)c2)cc1. The van der Waals surface area contributed by atoms with Crippen molar-refractivity contribution < 1.29 is 13.2 Å². The van der Waals surface area contributed by atoms with Gasteiger partial charge >= 0.3 is 0 Å². The third-order valence-electron chi connectivity index (χ3n) is 4.20. The zero-order valence-corrected chi connectivity index (χ0v) is 16.5. The van der Waals surface area contributed by atoms with E-state index in [1.54, 1.807) is 12.1 Å². The first-order chi connectivity index (χ1) is 13.4. The Kier molecular flexibility index (Phi) is 5.75. The molecule has 7 heteroatoms. The highest BCUT2D eigenvalue weighted by atomic mass is 32.2. The van der Waals surface area contributed by atoms with E-state index in [0.29, 0.717) is 5.69 Å². The Hall–Kier alpha value is -3.19. The van der Waals surface area contributed by atoms with E-state index in [0.717, 1.165) is 12.0 Å². The molecular formula is C21H21N3O3S. The normalized spacial score (nSPS) is 11.1. The van der Waals surface area contributed by atoms with Gasteiger partial charge in [-0.3, -0.25) is 14.5 Å². The molecule has 1 aromatic heterocycles. The summed E-state index contributed by atoms with van der Waals surface area (Å²) in [7, 11) is -3.76. The van der Waals surface area contributed by atoms with Gasteiger partial charge in [0.25, 0.3) is 15.9 Å². The highest BCUT2D eigenvalue weighted by Crippen LogP contribution is 2.18. The monoisotopic (exact) mass is 395 g/mol. The summed E-state index contributed by atoms with van der Waals surface area (Å²) in [6.45, 7) is 3.94. The molecule has 0 saturated carbocycles. The van der Waals surface area contributed by atoms with Gasteiger partial charge in [0.05, 0.1) is 22.3 Å². The number of hydrogen-bond donors (Lipinski definition) is 2. The third-order valence-corrected chi connectivity index (χ3v) is 5.60. The minimum absolute atomic E-state index is 0.143. The largest absolute Gasteiger partial charge is 0.322 e. The van der Waals surface area contributed by atoms with Crippen molar-refractivity contribution >= 4 is 27.3 Å². The van der Waals surface area contributed by atoms with Gasteiger partial charge in [0.15, 0.2) is 0 Å². The van der Waals surface area contributed by atoms with E-state index < -0.39 is 10.0 Å². The van der Waals surface area contributed by atoms with Crippen LogP contribution in [0.4, 0.5) is 11.4 Å². The number of benzene rings is 2. The third kappa shape index (κ3) is 4.75. The fourth-order valence-electron chi connectivity index (χ4n) is 2.58. The van der Waals surface area contributed by atoms with Gasteiger partial charge < -0.3 is 5.32 Å². The minimum Gasteiger partial charge on any atom is -0.322 e. The standard InChI is InChI=1S/C21H21N3O3S/c1-3-16-6-8-18(9-7-16)23-21(25)17-12-19(14-22-13-17)24-28(26,27)20-10-4-15(2)5-11-20/h4-14,24H,3H2,1-2H3,(H,23,25). The molecule has 0 aliphatic carbocycles. The molecule has 0 aliphatic rings. The van der Waals surface area contributed by atoms with Gasteiger partial charge in [-0.25, -0.2) is 8.42 Å². The molecule has 0 spiro atoms. The molecule has 0 radical (unpaired) electrons. The van der Waals surface area contributed by atoms with Crippen molar-refractivity contribution in [2.24, 2.45) is 0 Å². The number of anilines is 2. The van der Waals surface area contributed by atoms with Crippen molar-refractivity contribution in [3.05, 3.63) is 83.7 Å². The van der Waals surface area contributed by atoms with Crippen LogP contribution in [0, 0.1) is 6.92 Å². The van der Waals surface area contributed by atoms with Crippen LogP contribution in [0.25, 0.3) is 0 Å². The van der Waals surface area contributed by atoms with E-state index in [-0.39, 0.29) is 22.1 Å². The maximum atomic E-state index is 12.5. The topological polar surface area (TPSA) is 88.2 Å². The van der Waals surface area contributed by atoms with Crippen LogP contribution in [0.5, 0.6) is 0 Å². The number of sulfonamides is 1. The quantitative estimate of drug-likeness (QED) is 0.660. The number of pyridine rings is 1. The lowest BCUT2D eigenvalue weighted by atomic mass is 10.1. The Morgan fingerprint density at radius 1 is 0.964 bits per heavy atom. The van der Waals surface area contributed by atoms with E-state index >= 15 is 0 Å². The van der Waals surface area contributed by atoms with Crippen molar-refractivity contribution in [1.29, 1.82) is 0 Å². The summed E-state index contributed by atoms with van der Waals surface area (Å²) in [5.74, 6) is -0.367. The van der Waals surface area contributed by atoms with E-state index in [4.69, 9.17) is 0 Å². The second kappa shape index (κ2) is 8.22. The van der Waals surface area contributed by atoms with Crippen LogP contribution in [-0.4, -0.2) is 19.3 Å². The molecule has 3 rings (SSSR count). The summed E-state index contributed by atoms with van der Waals surface area (Å²) in [5.41, 5.74) is 3.27. The number of nitrogens with one attached hydrogen (secondary N) is 2. The van der Waals surface area contributed by atoms with Crippen LogP contribution in [-0.2, 0) is 16.4 Å². The number of amides is 1. The zero-order valence-electron chi connectivity index (χ0n) is 15.6. The van der Waals surface area contributed by atoms with Crippen LogP contribution < -0.4 is 10.0 Å². The minimum atomic E-state index is -3.76. The molecule has 2 aromatic carbocycles. The maximum Gasteiger partial charge on any atom is 0.261 e. The Balaban J connectivity index is 1.75. The number of rotatable bonds is 6. The first-order valence-electron chi connectivity index (χ1n) is 8.82. The lowest BCUT2D eigenvalue weighted by molar-refractivity contribution is 0.102. The molecule has 0 aliphatic heterocycles. The van der Waals surface area contributed by atoms with Gasteiger partial charge in [-0.2, -0.15) is 0 Å². The van der Waals surface area contributed by atoms with Crippen LogP contribution in [0.2, 0.25) is 0 Å². The predicted octanol–water partition coefficient (Wildman–Crippen LogP) is 4.01. The lowest BCUT2D eigenvalue weighted by Crippen LogP contribution is -2.15. The van der Waals surface area contributed by atoms with E-state index in [9.17, 15) is 13.2 Å². The Morgan fingerprint density at radius 3 is 2.29 bits per heavy atom. The fraction of sp³-hybridized carbons (Fsp3) is 0.143. The predicted molar refractivity (Wildman–Crippen MR) is 110 cm³/mol. The van der Waals surface area contributed by atoms with Gasteiger partial charge in [0.2, 0.25) is 0 Å². The van der Waals surface area contributed by atoms with Crippen molar-refractivity contribution in [1.82, 2.24) is 4.98 Å². The highest BCUT2D eigenvalue weighted by molar-refractivity contribution is 7.92. The molecule has 3 aromatic rings. The number of carbonyl (C=O) groups excluding carboxylic acids is 1. The number of aryl methyl sites for hydroxylation is 2. The summed E-state index contributed by atoms with van der Waals surface area (Å²) < 4.78 is 27.5. The molecule has 6 nitrogen and oxygen atoms in total. The number of hydrogen-bond acceptors (Lipinski definition) is 4. The summed E-state index contributed by atoms with van der Waals surface area (Å²) >= 11 is 0. The van der Waals surface area contributed by atoms with Gasteiger partial charge in [-0.05, 0) is 49.2 Å². The molecule has 2 N–H and O–H groups in total. The zero-order chi connectivity index (χ0) is 20.1. The molecular weight excluding hydrogens is 374 g/mol. The first-order valence-corrected chi connectivity index (χ1v) is 10.3. The Morgan fingerprint density at radius 2 is 1.64 bits per heavy atom. The average molecular weight is 395 g/mol. The van der Waals surface area contributed by atoms with Crippen molar-refractivity contribution in [2.45, 2.75) is 25.2 Å². The number of aromatic nitrogens is 1. The Labute approximate surface area is 164 Å². The van der Waals surface area contributed by atoms with Crippen LogP contribution in [0.1, 0.15) is 28.4 Å². The molecule has 0 atom stereocenters. The van der Waals surface area contributed by atoms with E-state index in [2.05, 4.69) is 21.9 Å². The van der Waals surface area contributed by atoms with Crippen molar-refractivity contribution in [3.63, 3.8) is 0 Å². The van der Waals surface area contributed by atoms with Crippen LogP contribution in [0.15, 0.2) is 71.9 Å². The number of nitrogens with zero attached hydrogens (tertiary/aromatic N) is 1. The second-order valence-corrected chi connectivity index (χ2v) is 8.07. The smallest absolute Gasteiger partial charge is 0.261 e. The number of carbonyl (C=O) groups is 1. The molecule has 1 heterocycles. The maximum absolute atomic E-state index is 12.5. The molecule has 1 amide bonds. The molecule has 28 heavy (non-hydrogen) atoms. The van der Waals surface area contributed by atoms with Gasteiger partial charge in [-0.15, -0.1) is 0 Å². The van der Waals surface area contributed by atoms with Gasteiger partial charge in [0, 0.05) is 11.9 Å². The second-order valence-electron chi connectivity index (χ2n) is 6.39. The van der Waals surface area contributed by atoms with Crippen molar-refractivity contribution in [3.8, 4) is 0 Å². The van der Waals surface area contributed by atoms with Crippen LogP contribution >= 0.6 is 0 Å².